The van der Waals surface area contributed by atoms with Gasteiger partial charge in [-0.3, -0.25) is 10.2 Å². The van der Waals surface area contributed by atoms with Gasteiger partial charge in [0, 0.05) is 13.0 Å². The summed E-state index contributed by atoms with van der Waals surface area (Å²) in [6, 6.07) is -0.876. The largest absolute Gasteiger partial charge is 0.480 e. The summed E-state index contributed by atoms with van der Waals surface area (Å²) >= 11 is 0. The topological polar surface area (TPSA) is 128 Å². The molecule has 0 radical (unpaired) electrons. The fourth-order valence-electron chi connectivity index (χ4n) is 3.00. The molecule has 6 N–H and O–H groups in total. The second kappa shape index (κ2) is 17.6. The molecule has 0 saturated carbocycles. The minimum absolute atomic E-state index is 0.137. The first kappa shape index (κ1) is 25.2. The maximum Gasteiger partial charge on any atom is 0.326 e. The Hall–Kier alpha value is -1.79. The predicted molar refractivity (Wildman–Crippen MR) is 110 cm³/mol. The minimum atomic E-state index is -1.02. The van der Waals surface area contributed by atoms with Gasteiger partial charge in [-0.15, -0.1) is 0 Å². The van der Waals surface area contributed by atoms with E-state index in [0.29, 0.717) is 25.8 Å². The molecular weight excluding hydrogens is 344 g/mol. The van der Waals surface area contributed by atoms with Gasteiger partial charge in [0.05, 0.1) is 0 Å². The lowest BCUT2D eigenvalue weighted by molar-refractivity contribution is -0.142. The van der Waals surface area contributed by atoms with Crippen molar-refractivity contribution in [3.8, 4) is 0 Å². The Morgan fingerprint density at radius 3 is 1.93 bits per heavy atom. The van der Waals surface area contributed by atoms with Crippen LogP contribution in [0.5, 0.6) is 0 Å². The summed E-state index contributed by atoms with van der Waals surface area (Å²) in [7, 11) is 0. The van der Waals surface area contributed by atoms with Crippen molar-refractivity contribution < 1.29 is 14.7 Å². The van der Waals surface area contributed by atoms with Gasteiger partial charge in [0.25, 0.3) is 0 Å². The number of unbranched alkanes of at least 4 members (excludes halogenated alkanes) is 10. The number of hydrogen-bond acceptors (Lipinski definition) is 3. The first-order chi connectivity index (χ1) is 13.0. The third-order valence-corrected chi connectivity index (χ3v) is 4.63. The first-order valence-electron chi connectivity index (χ1n) is 10.6. The third-order valence-electron chi connectivity index (χ3n) is 4.63. The zero-order valence-electron chi connectivity index (χ0n) is 17.0. The molecule has 158 valence electrons. The van der Waals surface area contributed by atoms with Crippen LogP contribution in [0.15, 0.2) is 0 Å². The fourth-order valence-corrected chi connectivity index (χ4v) is 3.00. The number of carboxylic acid groups (broad SMARTS) is 1. The van der Waals surface area contributed by atoms with Crippen LogP contribution in [0.25, 0.3) is 0 Å². The number of amides is 1. The molecule has 1 amide bonds. The van der Waals surface area contributed by atoms with Gasteiger partial charge in [-0.05, 0) is 19.3 Å². The standard InChI is InChI=1S/C20H40N4O3/c1-2-3-4-5-6-7-8-9-10-11-12-15-18(25)24-17(19(26)27)14-13-16-23-20(21)22/h17H,2-16H2,1H3,(H,24,25)(H,26,27)(H4,21,22,23)/t17-/m0/s1. The summed E-state index contributed by atoms with van der Waals surface area (Å²) in [6.45, 7) is 2.66. The molecule has 0 aromatic carbocycles. The van der Waals surface area contributed by atoms with Crippen molar-refractivity contribution in [2.75, 3.05) is 6.54 Å². The Kier molecular flexibility index (Phi) is 16.4. The molecule has 0 rings (SSSR count). The molecule has 0 aromatic rings. The van der Waals surface area contributed by atoms with Crippen LogP contribution < -0.4 is 16.4 Å². The normalized spacial score (nSPS) is 11.7. The van der Waals surface area contributed by atoms with E-state index in [1.807, 2.05) is 0 Å². The van der Waals surface area contributed by atoms with Crippen molar-refractivity contribution in [1.82, 2.24) is 10.6 Å². The van der Waals surface area contributed by atoms with Gasteiger partial charge in [0.1, 0.15) is 6.04 Å². The first-order valence-corrected chi connectivity index (χ1v) is 10.6. The summed E-state index contributed by atoms with van der Waals surface area (Å²) < 4.78 is 0. The van der Waals surface area contributed by atoms with E-state index in [2.05, 4.69) is 17.6 Å². The molecule has 0 aliphatic rings. The molecule has 7 heteroatoms. The SMILES string of the molecule is CCCCCCCCCCCCCC(=O)N[C@@H](CCCNC(=N)N)C(=O)O. The monoisotopic (exact) mass is 384 g/mol. The van der Waals surface area contributed by atoms with Crippen LogP contribution in [-0.4, -0.2) is 35.5 Å². The number of carboxylic acids is 1. The molecule has 27 heavy (non-hydrogen) atoms. The number of carbonyl (C=O) groups is 2. The summed E-state index contributed by atoms with van der Waals surface area (Å²) in [4.78, 5) is 23.1. The molecule has 0 saturated heterocycles. The molecule has 0 aromatic heterocycles. The van der Waals surface area contributed by atoms with Crippen LogP contribution in [-0.2, 0) is 9.59 Å². The van der Waals surface area contributed by atoms with Crippen molar-refractivity contribution in [2.24, 2.45) is 5.73 Å². The van der Waals surface area contributed by atoms with Crippen LogP contribution in [0.4, 0.5) is 0 Å². The van der Waals surface area contributed by atoms with E-state index in [-0.39, 0.29) is 11.9 Å². The molecule has 0 heterocycles. The van der Waals surface area contributed by atoms with Gasteiger partial charge in [0.15, 0.2) is 5.96 Å². The van der Waals surface area contributed by atoms with E-state index in [4.69, 9.17) is 11.1 Å². The average molecular weight is 385 g/mol. The lowest BCUT2D eigenvalue weighted by atomic mass is 10.0. The number of carbonyl (C=O) groups excluding carboxylic acids is 1. The summed E-state index contributed by atoms with van der Waals surface area (Å²) in [5, 5.41) is 21.4. The lowest BCUT2D eigenvalue weighted by Crippen LogP contribution is -2.41. The predicted octanol–water partition coefficient (Wildman–Crippen LogP) is 3.52. The van der Waals surface area contributed by atoms with Gasteiger partial charge in [-0.25, -0.2) is 4.79 Å². The van der Waals surface area contributed by atoms with Crippen molar-refractivity contribution in [1.29, 1.82) is 5.41 Å². The quantitative estimate of drug-likeness (QED) is 0.140. The second-order valence-electron chi connectivity index (χ2n) is 7.23. The summed E-state index contributed by atoms with van der Waals surface area (Å²) in [5.74, 6) is -1.36. The van der Waals surface area contributed by atoms with Gasteiger partial charge in [0.2, 0.25) is 5.91 Å². The number of guanidine groups is 1. The van der Waals surface area contributed by atoms with E-state index in [1.165, 1.54) is 51.4 Å². The molecule has 0 spiro atoms. The highest BCUT2D eigenvalue weighted by Crippen LogP contribution is 2.12. The van der Waals surface area contributed by atoms with Crippen LogP contribution in [0.2, 0.25) is 0 Å². The van der Waals surface area contributed by atoms with Gasteiger partial charge in [-0.2, -0.15) is 0 Å². The number of hydrogen-bond donors (Lipinski definition) is 5. The highest BCUT2D eigenvalue weighted by Gasteiger charge is 2.19. The van der Waals surface area contributed by atoms with Crippen molar-refractivity contribution >= 4 is 17.8 Å². The Bertz CT molecular complexity index is 416. The van der Waals surface area contributed by atoms with Gasteiger partial charge >= 0.3 is 5.97 Å². The molecular formula is C20H40N4O3. The zero-order valence-corrected chi connectivity index (χ0v) is 17.0. The van der Waals surface area contributed by atoms with E-state index in [9.17, 15) is 14.7 Å². The smallest absolute Gasteiger partial charge is 0.326 e. The molecule has 0 bridgehead atoms. The van der Waals surface area contributed by atoms with Crippen molar-refractivity contribution in [2.45, 2.75) is 103 Å². The number of aliphatic carboxylic acids is 1. The maximum atomic E-state index is 11.9. The van der Waals surface area contributed by atoms with Crippen LogP contribution in [0.1, 0.15) is 96.8 Å². The van der Waals surface area contributed by atoms with Crippen LogP contribution >= 0.6 is 0 Å². The van der Waals surface area contributed by atoms with Gasteiger partial charge < -0.3 is 21.5 Å². The molecule has 0 aliphatic carbocycles. The maximum absolute atomic E-state index is 11.9. The molecule has 7 nitrogen and oxygen atoms in total. The Balaban J connectivity index is 3.63. The van der Waals surface area contributed by atoms with Crippen LogP contribution in [0, 0.1) is 5.41 Å². The molecule has 0 fully saturated rings. The zero-order chi connectivity index (χ0) is 20.3. The number of rotatable bonds is 18. The van der Waals surface area contributed by atoms with Crippen molar-refractivity contribution in [3.05, 3.63) is 0 Å². The highest BCUT2D eigenvalue weighted by atomic mass is 16.4. The summed E-state index contributed by atoms with van der Waals surface area (Å²) in [5.41, 5.74) is 5.17. The van der Waals surface area contributed by atoms with E-state index in [1.54, 1.807) is 0 Å². The van der Waals surface area contributed by atoms with Crippen LogP contribution in [0.3, 0.4) is 0 Å². The number of nitrogens with one attached hydrogen (secondary N) is 3. The summed E-state index contributed by atoms with van der Waals surface area (Å²) in [6.07, 6.45) is 14.7. The number of nitrogens with two attached hydrogens (primary N) is 1. The van der Waals surface area contributed by atoms with E-state index < -0.39 is 12.0 Å². The van der Waals surface area contributed by atoms with Gasteiger partial charge in [-0.1, -0.05) is 71.1 Å². The third kappa shape index (κ3) is 17.4. The molecule has 0 aliphatic heterocycles. The van der Waals surface area contributed by atoms with E-state index >= 15 is 0 Å². The fraction of sp³-hybridized carbons (Fsp3) is 0.850. The Morgan fingerprint density at radius 1 is 0.926 bits per heavy atom. The molecule has 1 atom stereocenters. The van der Waals surface area contributed by atoms with Crippen molar-refractivity contribution in [3.63, 3.8) is 0 Å². The average Bonchev–Trinajstić information content (AvgIpc) is 2.61. The van der Waals surface area contributed by atoms with E-state index in [0.717, 1.165) is 19.3 Å². The second-order valence-corrected chi connectivity index (χ2v) is 7.23. The Labute approximate surface area is 164 Å². The highest BCUT2D eigenvalue weighted by molar-refractivity contribution is 5.83. The lowest BCUT2D eigenvalue weighted by Gasteiger charge is -2.14. The Morgan fingerprint density at radius 2 is 1.44 bits per heavy atom. The minimum Gasteiger partial charge on any atom is -0.480 e. The molecule has 0 unspecified atom stereocenters.